The lowest BCUT2D eigenvalue weighted by molar-refractivity contribution is 0.644. The van der Waals surface area contributed by atoms with Crippen molar-refractivity contribution in [3.8, 4) is 0 Å². The zero-order chi connectivity index (χ0) is 18.4. The molecule has 26 heavy (non-hydrogen) atoms. The molecule has 0 spiro atoms. The maximum absolute atomic E-state index is 4.61. The number of hydrogen-bond donors (Lipinski definition) is 2. The van der Waals surface area contributed by atoms with E-state index in [9.17, 15) is 0 Å². The van der Waals surface area contributed by atoms with Gasteiger partial charge in [-0.15, -0.1) is 11.3 Å². The molecule has 140 valence electrons. The van der Waals surface area contributed by atoms with Gasteiger partial charge in [-0.05, 0) is 50.5 Å². The van der Waals surface area contributed by atoms with Gasteiger partial charge < -0.3 is 15.5 Å². The number of aromatic nitrogens is 1. The van der Waals surface area contributed by atoms with Crippen LogP contribution < -0.4 is 15.5 Å². The second kappa shape index (κ2) is 9.03. The smallest absolute Gasteiger partial charge is 0.191 e. The summed E-state index contributed by atoms with van der Waals surface area (Å²) < 4.78 is 0. The third-order valence-corrected chi connectivity index (χ3v) is 5.63. The van der Waals surface area contributed by atoms with Gasteiger partial charge >= 0.3 is 0 Å². The average Bonchev–Trinajstić information content (AvgIpc) is 3.31. The first-order chi connectivity index (χ1) is 12.6. The summed E-state index contributed by atoms with van der Waals surface area (Å²) in [6, 6.07) is 8.99. The van der Waals surface area contributed by atoms with Crippen LogP contribution in [-0.4, -0.2) is 37.1 Å². The predicted molar refractivity (Wildman–Crippen MR) is 111 cm³/mol. The molecule has 1 unspecified atom stereocenters. The van der Waals surface area contributed by atoms with Gasteiger partial charge in [0, 0.05) is 55.1 Å². The quantitative estimate of drug-likeness (QED) is 0.604. The van der Waals surface area contributed by atoms with Crippen molar-refractivity contribution >= 4 is 23.1 Å². The van der Waals surface area contributed by atoms with Crippen molar-refractivity contribution in [1.82, 2.24) is 15.6 Å². The van der Waals surface area contributed by atoms with Crippen LogP contribution >= 0.6 is 11.3 Å². The van der Waals surface area contributed by atoms with Gasteiger partial charge in [0.15, 0.2) is 5.96 Å². The zero-order valence-corrected chi connectivity index (χ0v) is 16.8. The zero-order valence-electron chi connectivity index (χ0n) is 16.0. The highest BCUT2D eigenvalue weighted by Gasteiger charge is 2.13. The van der Waals surface area contributed by atoms with E-state index in [-0.39, 0.29) is 0 Å². The van der Waals surface area contributed by atoms with E-state index in [1.54, 1.807) is 0 Å². The number of nitrogens with one attached hydrogen (secondary N) is 2. The Morgan fingerprint density at radius 2 is 2.08 bits per heavy atom. The van der Waals surface area contributed by atoms with Crippen molar-refractivity contribution in [1.29, 1.82) is 0 Å². The molecule has 3 heterocycles. The first-order valence-corrected chi connectivity index (χ1v) is 10.2. The molecule has 0 saturated carbocycles. The molecule has 3 rings (SSSR count). The lowest BCUT2D eigenvalue weighted by atomic mass is 10.2. The van der Waals surface area contributed by atoms with Crippen molar-refractivity contribution in [2.45, 2.75) is 45.7 Å². The molecule has 0 bridgehead atoms. The second-order valence-corrected chi connectivity index (χ2v) is 8.28. The third kappa shape index (κ3) is 5.21. The lowest BCUT2D eigenvalue weighted by Crippen LogP contribution is -2.42. The molecule has 5 nitrogen and oxygen atoms in total. The minimum atomic E-state index is 0.329. The highest BCUT2D eigenvalue weighted by molar-refractivity contribution is 7.11. The molecule has 1 fully saturated rings. The molecule has 1 atom stereocenters. The van der Waals surface area contributed by atoms with Gasteiger partial charge in [0.25, 0.3) is 0 Å². The molecule has 0 aliphatic carbocycles. The van der Waals surface area contributed by atoms with Crippen LogP contribution in [0.1, 0.15) is 35.1 Å². The van der Waals surface area contributed by atoms with Crippen molar-refractivity contribution < 1.29 is 0 Å². The van der Waals surface area contributed by atoms with Crippen LogP contribution in [0.4, 0.5) is 5.82 Å². The largest absolute Gasteiger partial charge is 0.357 e. The first kappa shape index (κ1) is 18.7. The highest BCUT2D eigenvalue weighted by atomic mass is 32.1. The van der Waals surface area contributed by atoms with E-state index in [1.807, 2.05) is 24.6 Å². The maximum Gasteiger partial charge on any atom is 0.191 e. The molecule has 0 aromatic carbocycles. The van der Waals surface area contributed by atoms with Crippen molar-refractivity contribution in [2.24, 2.45) is 4.99 Å². The summed E-state index contributed by atoms with van der Waals surface area (Å²) in [5, 5.41) is 6.85. The molecule has 0 radical (unpaired) electrons. The number of rotatable bonds is 6. The molecule has 2 aromatic heterocycles. The van der Waals surface area contributed by atoms with Gasteiger partial charge in [0.05, 0.1) is 0 Å². The van der Waals surface area contributed by atoms with Crippen LogP contribution in [0.3, 0.4) is 0 Å². The van der Waals surface area contributed by atoms with E-state index in [0.29, 0.717) is 6.04 Å². The molecular weight excluding hydrogens is 342 g/mol. The summed E-state index contributed by atoms with van der Waals surface area (Å²) in [5.74, 6) is 1.92. The van der Waals surface area contributed by atoms with Crippen LogP contribution in [0.5, 0.6) is 0 Å². The molecule has 6 heteroatoms. The Bertz CT molecular complexity index is 716. The molecule has 2 aromatic rings. The Hall–Kier alpha value is -2.08. The Morgan fingerprint density at radius 1 is 1.27 bits per heavy atom. The van der Waals surface area contributed by atoms with Gasteiger partial charge in [-0.3, -0.25) is 4.99 Å². The minimum absolute atomic E-state index is 0.329. The summed E-state index contributed by atoms with van der Waals surface area (Å²) >= 11 is 1.86. The Labute approximate surface area is 160 Å². The van der Waals surface area contributed by atoms with Crippen LogP contribution in [0.2, 0.25) is 0 Å². The Kier molecular flexibility index (Phi) is 6.50. The topological polar surface area (TPSA) is 52.6 Å². The Balaban J connectivity index is 1.47. The van der Waals surface area contributed by atoms with Crippen LogP contribution in [0.25, 0.3) is 0 Å². The number of anilines is 1. The molecule has 2 N–H and O–H groups in total. The second-order valence-electron chi connectivity index (χ2n) is 6.91. The van der Waals surface area contributed by atoms with Gasteiger partial charge in [0.1, 0.15) is 5.82 Å². The van der Waals surface area contributed by atoms with E-state index in [2.05, 4.69) is 63.6 Å². The third-order valence-electron chi connectivity index (χ3n) is 4.61. The van der Waals surface area contributed by atoms with E-state index >= 15 is 0 Å². The lowest BCUT2D eigenvalue weighted by Gasteiger charge is -2.18. The van der Waals surface area contributed by atoms with Gasteiger partial charge in [0.2, 0.25) is 0 Å². The number of pyridine rings is 1. The monoisotopic (exact) mass is 371 g/mol. The summed E-state index contributed by atoms with van der Waals surface area (Å²) in [4.78, 5) is 14.1. The number of aliphatic imine (C=N–C) groups is 1. The van der Waals surface area contributed by atoms with Crippen LogP contribution in [0, 0.1) is 6.92 Å². The van der Waals surface area contributed by atoms with Crippen molar-refractivity contribution in [3.05, 3.63) is 45.8 Å². The van der Waals surface area contributed by atoms with Crippen molar-refractivity contribution in [3.63, 3.8) is 0 Å². The summed E-state index contributed by atoms with van der Waals surface area (Å²) in [7, 11) is 1.81. The fraction of sp³-hybridized carbons (Fsp3) is 0.500. The van der Waals surface area contributed by atoms with E-state index in [0.717, 1.165) is 43.4 Å². The van der Waals surface area contributed by atoms with E-state index in [1.165, 1.54) is 22.6 Å². The summed E-state index contributed by atoms with van der Waals surface area (Å²) in [5.41, 5.74) is 1.16. The molecular formula is C20H29N5S. The summed E-state index contributed by atoms with van der Waals surface area (Å²) in [6.07, 6.45) is 5.52. The maximum atomic E-state index is 4.61. The fourth-order valence-electron chi connectivity index (χ4n) is 3.22. The number of guanidine groups is 1. The normalized spacial score (nSPS) is 16.0. The summed E-state index contributed by atoms with van der Waals surface area (Å²) in [6.45, 7) is 7.31. The molecule has 1 aliphatic rings. The highest BCUT2D eigenvalue weighted by Crippen LogP contribution is 2.18. The number of thiophene rings is 1. The van der Waals surface area contributed by atoms with Gasteiger partial charge in [-0.1, -0.05) is 6.07 Å². The standard InChI is InChI=1S/C20H29N5S/c1-15(12-18-8-6-16(2)26-18)24-20(21-3)23-14-17-7-9-19(22-13-17)25-10-4-5-11-25/h6-9,13,15H,4-5,10-12,14H2,1-3H3,(H2,21,23,24). The van der Waals surface area contributed by atoms with E-state index < -0.39 is 0 Å². The molecule has 1 aliphatic heterocycles. The number of hydrogen-bond acceptors (Lipinski definition) is 4. The first-order valence-electron chi connectivity index (χ1n) is 9.36. The van der Waals surface area contributed by atoms with Crippen LogP contribution in [0.15, 0.2) is 35.5 Å². The molecule has 1 saturated heterocycles. The number of nitrogens with zero attached hydrogens (tertiary/aromatic N) is 3. The predicted octanol–water partition coefficient (Wildman–Crippen LogP) is 3.35. The van der Waals surface area contributed by atoms with E-state index in [4.69, 9.17) is 0 Å². The fourth-order valence-corrected chi connectivity index (χ4v) is 4.24. The van der Waals surface area contributed by atoms with Gasteiger partial charge in [-0.2, -0.15) is 0 Å². The SMILES string of the molecule is CN=C(NCc1ccc(N2CCCC2)nc1)NC(C)Cc1ccc(C)s1. The average molecular weight is 372 g/mol. The van der Waals surface area contributed by atoms with Crippen LogP contribution in [-0.2, 0) is 13.0 Å². The Morgan fingerprint density at radius 3 is 2.69 bits per heavy atom. The number of aryl methyl sites for hydroxylation is 1. The molecule has 0 amide bonds. The van der Waals surface area contributed by atoms with Crippen molar-refractivity contribution in [2.75, 3.05) is 25.0 Å². The minimum Gasteiger partial charge on any atom is -0.357 e. The van der Waals surface area contributed by atoms with Gasteiger partial charge in [-0.25, -0.2) is 4.98 Å².